The number of rotatable bonds is 19. The minimum atomic E-state index is -4.57. The molecule has 2 aliphatic rings. The Balaban J connectivity index is 1.73. The van der Waals surface area contributed by atoms with Crippen LogP contribution in [0.5, 0.6) is 0 Å². The number of aromatic nitrogens is 1. The van der Waals surface area contributed by atoms with E-state index < -0.39 is 58.7 Å². The van der Waals surface area contributed by atoms with E-state index in [2.05, 4.69) is 16.5 Å². The molecule has 2 unspecified atom stereocenters. The van der Waals surface area contributed by atoms with Crippen LogP contribution in [-0.4, -0.2) is 89.9 Å². The van der Waals surface area contributed by atoms with Gasteiger partial charge in [0.1, 0.15) is 6.54 Å². The number of hydrogen-bond acceptors (Lipinski definition) is 9. The molecule has 0 bridgehead atoms. The Morgan fingerprint density at radius 1 is 0.831 bits per heavy atom. The molecule has 2 aromatic carbocycles. The van der Waals surface area contributed by atoms with Crippen molar-refractivity contribution in [2.24, 2.45) is 0 Å². The number of benzene rings is 2. The number of fused-ring (bicyclic) bond motifs is 2. The van der Waals surface area contributed by atoms with Crippen molar-refractivity contribution in [3.05, 3.63) is 113 Å². The highest BCUT2D eigenvalue weighted by molar-refractivity contribution is 7.86. The lowest BCUT2D eigenvalue weighted by atomic mass is 9.75. The maximum Gasteiger partial charge on any atom is 0.337 e. The number of allylic oxidation sites excluding steroid dienone is 6. The number of aromatic carboxylic acids is 1. The monoisotopic (exact) mass is 870 g/mol. The number of carbonyl (C=O) groups is 1. The van der Waals surface area contributed by atoms with Crippen LogP contribution in [0.15, 0.2) is 95.7 Å². The number of para-hydroxylation sites is 1. The van der Waals surface area contributed by atoms with E-state index in [0.29, 0.717) is 54.0 Å². The number of hydrogen-bond donors (Lipinski definition) is 4. The largest absolute Gasteiger partial charge is 0.478 e. The van der Waals surface area contributed by atoms with E-state index in [4.69, 9.17) is 0 Å². The van der Waals surface area contributed by atoms with Gasteiger partial charge in [0.05, 0.1) is 33.1 Å². The van der Waals surface area contributed by atoms with Crippen LogP contribution in [0.2, 0.25) is 0 Å². The van der Waals surface area contributed by atoms with E-state index in [0.717, 1.165) is 29.8 Å². The second-order valence-corrected chi connectivity index (χ2v) is 20.0. The molecule has 0 aliphatic carbocycles. The van der Waals surface area contributed by atoms with Gasteiger partial charge < -0.3 is 10.0 Å². The molecule has 0 amide bonds. The molecule has 59 heavy (non-hydrogen) atoms. The molecule has 0 saturated carbocycles. The molecule has 17 heteroatoms. The Kier molecular flexibility index (Phi) is 13.9. The van der Waals surface area contributed by atoms with Gasteiger partial charge in [0.25, 0.3) is 30.4 Å². The Hall–Kier alpha value is -4.52. The molecule has 3 aromatic rings. The van der Waals surface area contributed by atoms with Gasteiger partial charge in [-0.15, -0.1) is 0 Å². The van der Waals surface area contributed by atoms with Crippen molar-refractivity contribution in [1.29, 1.82) is 0 Å². The molecule has 0 fully saturated rings. The van der Waals surface area contributed by atoms with Crippen LogP contribution < -0.4 is 4.90 Å². The first-order valence-electron chi connectivity index (χ1n) is 19.5. The molecular weight excluding hydrogens is 819 g/mol. The number of carboxylic acid groups (broad SMARTS) is 1. The third kappa shape index (κ3) is 10.4. The van der Waals surface area contributed by atoms with Crippen molar-refractivity contribution in [2.45, 2.75) is 88.4 Å². The van der Waals surface area contributed by atoms with Gasteiger partial charge in [-0.3, -0.25) is 18.6 Å². The van der Waals surface area contributed by atoms with Crippen LogP contribution in [0.25, 0.3) is 5.57 Å². The van der Waals surface area contributed by atoms with Gasteiger partial charge in [0.15, 0.2) is 5.71 Å². The van der Waals surface area contributed by atoms with Crippen molar-refractivity contribution in [2.75, 3.05) is 29.5 Å². The van der Waals surface area contributed by atoms with Crippen LogP contribution >= 0.6 is 0 Å². The molecule has 3 heterocycles. The molecule has 318 valence electrons. The highest BCUT2D eigenvalue weighted by Gasteiger charge is 2.47. The van der Waals surface area contributed by atoms with Crippen LogP contribution in [-0.2, 0) is 41.2 Å². The van der Waals surface area contributed by atoms with E-state index >= 15 is 0 Å². The molecule has 1 aromatic heterocycles. The molecule has 2 aliphatic heterocycles. The van der Waals surface area contributed by atoms with Gasteiger partial charge >= 0.3 is 5.97 Å². The Bertz CT molecular complexity index is 2550. The Labute approximate surface area is 347 Å². The smallest absolute Gasteiger partial charge is 0.337 e. The van der Waals surface area contributed by atoms with Gasteiger partial charge in [-0.25, -0.2) is 4.79 Å². The molecule has 0 saturated heterocycles. The van der Waals surface area contributed by atoms with Crippen LogP contribution in [0.3, 0.4) is 0 Å². The predicted molar refractivity (Wildman–Crippen MR) is 227 cm³/mol. The van der Waals surface area contributed by atoms with Crippen molar-refractivity contribution in [3.8, 4) is 0 Å². The van der Waals surface area contributed by atoms with Crippen LogP contribution in [0.4, 0.5) is 11.4 Å². The van der Waals surface area contributed by atoms with Crippen LogP contribution in [0, 0.1) is 0 Å². The molecule has 0 radical (unpaired) electrons. The summed E-state index contributed by atoms with van der Waals surface area (Å²) >= 11 is 0. The second-order valence-electron chi connectivity index (χ2n) is 15.4. The minimum absolute atomic E-state index is 0.0189. The fraction of sp³-hybridized carbons (Fsp3) is 0.405. The van der Waals surface area contributed by atoms with Crippen molar-refractivity contribution < 1.29 is 53.4 Å². The zero-order valence-corrected chi connectivity index (χ0v) is 36.0. The summed E-state index contributed by atoms with van der Waals surface area (Å²) in [5.74, 6) is -2.06. The summed E-state index contributed by atoms with van der Waals surface area (Å²) in [7, 11) is -13.1. The SMILES string of the molecule is CCCC[N+]1=C(/C=C/C(=C/C=C2/N(CCCS(=O)(=O)O)c3ccc(S(=O)(=O)O)cc3C2(C)CCC)c2ccc(C(=O)O)cn2)C(C)(CCCS(=O)(=O)O)c2ccccc21. The highest BCUT2D eigenvalue weighted by Crippen LogP contribution is 2.51. The van der Waals surface area contributed by atoms with E-state index in [1.165, 1.54) is 24.4 Å². The summed E-state index contributed by atoms with van der Waals surface area (Å²) in [6.45, 7) is 8.86. The average molecular weight is 871 g/mol. The number of unbranched alkanes of at least 4 members (excludes halogenated alkanes) is 1. The van der Waals surface area contributed by atoms with E-state index in [1.807, 2.05) is 74.2 Å². The number of pyridine rings is 1. The minimum Gasteiger partial charge on any atom is -0.478 e. The Morgan fingerprint density at radius 3 is 2.14 bits per heavy atom. The summed E-state index contributed by atoms with van der Waals surface area (Å²) < 4.78 is 103. The average Bonchev–Trinajstić information content (AvgIpc) is 3.52. The lowest BCUT2D eigenvalue weighted by Crippen LogP contribution is -2.32. The third-order valence-electron chi connectivity index (χ3n) is 11.1. The first-order chi connectivity index (χ1) is 27.6. The molecule has 2 atom stereocenters. The van der Waals surface area contributed by atoms with Crippen molar-refractivity contribution in [3.63, 3.8) is 0 Å². The normalized spacial score (nSPS) is 20.5. The quantitative estimate of drug-likeness (QED) is 0.0531. The molecule has 5 rings (SSSR count). The van der Waals surface area contributed by atoms with Gasteiger partial charge in [0, 0.05) is 59.2 Å². The van der Waals surface area contributed by atoms with Gasteiger partial charge in [-0.1, -0.05) is 51.0 Å². The van der Waals surface area contributed by atoms with Crippen molar-refractivity contribution >= 4 is 59.0 Å². The zero-order valence-electron chi connectivity index (χ0n) is 33.6. The summed E-state index contributed by atoms with van der Waals surface area (Å²) in [5, 5.41) is 9.63. The summed E-state index contributed by atoms with van der Waals surface area (Å²) in [4.78, 5) is 17.9. The fourth-order valence-electron chi connectivity index (χ4n) is 8.30. The summed E-state index contributed by atoms with van der Waals surface area (Å²) in [5.41, 5.74) is 4.23. The first kappa shape index (κ1) is 45.6. The number of nitrogens with zero attached hydrogens (tertiary/aromatic N) is 3. The zero-order chi connectivity index (χ0) is 43.4. The standard InChI is InChI=1S/C42H51N3O11S3/c1-5-7-24-44-36-13-9-8-12-33(36)42(4,23-10-26-57(48,49)50)39(44)21-16-30(35-18-14-31(29-43-35)40(46)47)15-20-38-41(3,22-6-2)34-28-32(59(54,55)56)17-19-37(34)45(38)25-11-27-58(51,52)53/h8-9,12-21,28-29H,5-7,10-11,22-27H2,1-4H3,(H3-,46,47,48,49,50,51,52,53,54,55,56)/p+1. The van der Waals surface area contributed by atoms with E-state index in [9.17, 15) is 48.8 Å². The van der Waals surface area contributed by atoms with Gasteiger partial charge in [-0.2, -0.15) is 29.8 Å². The fourth-order valence-corrected chi connectivity index (χ4v) is 9.81. The maximum absolute atomic E-state index is 12.3. The summed E-state index contributed by atoms with van der Waals surface area (Å²) in [6, 6.07) is 15.2. The van der Waals surface area contributed by atoms with E-state index in [1.54, 1.807) is 12.1 Å². The van der Waals surface area contributed by atoms with Gasteiger partial charge in [-0.05, 0) is 87.6 Å². The Morgan fingerprint density at radius 2 is 1.53 bits per heavy atom. The predicted octanol–water partition coefficient (Wildman–Crippen LogP) is 7.23. The van der Waals surface area contributed by atoms with Gasteiger partial charge in [0.2, 0.25) is 5.69 Å². The lowest BCUT2D eigenvalue weighted by Gasteiger charge is -2.30. The molecular formula is C42H52N3O11S3+. The third-order valence-corrected chi connectivity index (χ3v) is 13.6. The lowest BCUT2D eigenvalue weighted by molar-refractivity contribution is -0.438. The summed E-state index contributed by atoms with van der Waals surface area (Å²) in [6.07, 6.45) is 12.3. The highest BCUT2D eigenvalue weighted by atomic mass is 32.2. The molecule has 0 spiro atoms. The second kappa shape index (κ2) is 18.0. The first-order valence-corrected chi connectivity index (χ1v) is 24.1. The number of anilines is 1. The van der Waals surface area contributed by atoms with Crippen LogP contribution in [0.1, 0.15) is 99.8 Å². The molecule has 4 N–H and O–H groups in total. The van der Waals surface area contributed by atoms with E-state index in [-0.39, 0.29) is 29.8 Å². The maximum atomic E-state index is 12.3. The number of carboxylic acids is 1. The van der Waals surface area contributed by atoms with Crippen molar-refractivity contribution in [1.82, 2.24) is 4.98 Å². The molecule has 14 nitrogen and oxygen atoms in total. The topological polar surface area (TPSA) is 220 Å².